The van der Waals surface area contributed by atoms with Crippen LogP contribution in [0.15, 0.2) is 52.4 Å². The van der Waals surface area contributed by atoms with Crippen LogP contribution in [0.2, 0.25) is 10.0 Å². The Labute approximate surface area is 174 Å². The molecule has 4 rings (SSSR count). The molecule has 0 aliphatic carbocycles. The van der Waals surface area contributed by atoms with Crippen molar-refractivity contribution in [1.82, 2.24) is 14.6 Å². The number of benzene rings is 2. The van der Waals surface area contributed by atoms with E-state index >= 15 is 0 Å². The lowest BCUT2D eigenvalue weighted by molar-refractivity contribution is 0.396. The molecule has 1 aliphatic rings. The molecule has 1 aromatic heterocycles. The summed E-state index contributed by atoms with van der Waals surface area (Å²) in [5.74, 6) is 0. The van der Waals surface area contributed by atoms with Gasteiger partial charge < -0.3 is 10.3 Å². The Bertz CT molecular complexity index is 989. The van der Waals surface area contributed by atoms with Crippen molar-refractivity contribution >= 4 is 62.7 Å². The fourth-order valence-electron chi connectivity index (χ4n) is 2.94. The first-order valence-electron chi connectivity index (χ1n) is 8.49. The first-order valence-corrected chi connectivity index (χ1v) is 11.2. The van der Waals surface area contributed by atoms with Crippen LogP contribution >= 0.6 is 35.1 Å². The number of halogens is 2. The lowest BCUT2D eigenvalue weighted by atomic mass is 10.2. The third kappa shape index (κ3) is 4.29. The molecule has 1 saturated heterocycles. The minimum absolute atomic E-state index is 0.541. The van der Waals surface area contributed by atoms with Crippen LogP contribution in [-0.2, 0) is 11.0 Å². The Balaban J connectivity index is 1.53. The molecule has 1 fully saturated rings. The van der Waals surface area contributed by atoms with E-state index in [1.807, 2.05) is 24.3 Å². The predicted octanol–water partition coefficient (Wildman–Crippen LogP) is 4.52. The number of anilines is 1. The first kappa shape index (κ1) is 19.1. The van der Waals surface area contributed by atoms with E-state index in [1.165, 1.54) is 0 Å². The molecular formula is C18H18Cl2N4OS2. The van der Waals surface area contributed by atoms with Crippen molar-refractivity contribution in [2.24, 2.45) is 0 Å². The molecule has 3 aromatic rings. The summed E-state index contributed by atoms with van der Waals surface area (Å²) < 4.78 is 18.3. The molecule has 5 nitrogen and oxygen atoms in total. The van der Waals surface area contributed by atoms with E-state index in [0.717, 1.165) is 46.9 Å². The molecule has 2 aromatic carbocycles. The highest BCUT2D eigenvalue weighted by Crippen LogP contribution is 2.35. The number of aromatic nitrogens is 1. The summed E-state index contributed by atoms with van der Waals surface area (Å²) in [6.07, 6.45) is 1.68. The molecule has 1 atom stereocenters. The Kier molecular flexibility index (Phi) is 5.96. The third-order valence-corrected chi connectivity index (χ3v) is 7.06. The van der Waals surface area contributed by atoms with Crippen molar-refractivity contribution in [2.45, 2.75) is 9.79 Å². The Morgan fingerprint density at radius 1 is 1.11 bits per heavy atom. The van der Waals surface area contributed by atoms with Gasteiger partial charge in [0.05, 0.1) is 26.1 Å². The number of hydrogen-bond acceptors (Lipinski definition) is 4. The molecule has 9 heteroatoms. The average molecular weight is 441 g/mol. The molecule has 2 heterocycles. The summed E-state index contributed by atoms with van der Waals surface area (Å²) in [7, 11) is -1.40. The van der Waals surface area contributed by atoms with Gasteiger partial charge in [0.1, 0.15) is 11.0 Å². The maximum atomic E-state index is 12.9. The quantitative estimate of drug-likeness (QED) is 0.510. The lowest BCUT2D eigenvalue weighted by Gasteiger charge is -2.25. The second-order valence-corrected chi connectivity index (χ2v) is 9.30. The van der Waals surface area contributed by atoms with Crippen molar-refractivity contribution in [1.29, 1.82) is 0 Å². The van der Waals surface area contributed by atoms with Gasteiger partial charge >= 0.3 is 0 Å². The zero-order valence-corrected chi connectivity index (χ0v) is 17.4. The number of hydrogen-bond donors (Lipinski definition) is 3. The summed E-state index contributed by atoms with van der Waals surface area (Å²) in [4.78, 5) is 4.89. The van der Waals surface area contributed by atoms with Gasteiger partial charge in [-0.3, -0.25) is 4.72 Å². The van der Waals surface area contributed by atoms with Crippen LogP contribution in [-0.4, -0.2) is 39.7 Å². The van der Waals surface area contributed by atoms with Gasteiger partial charge in [0.15, 0.2) is 0 Å². The van der Waals surface area contributed by atoms with Gasteiger partial charge in [0, 0.05) is 42.7 Å². The van der Waals surface area contributed by atoms with Crippen LogP contribution in [0.3, 0.4) is 0 Å². The smallest absolute Gasteiger partial charge is 0.150 e. The molecule has 0 radical (unpaired) electrons. The van der Waals surface area contributed by atoms with E-state index in [2.05, 4.69) is 19.3 Å². The second-order valence-electron chi connectivity index (χ2n) is 6.10. The van der Waals surface area contributed by atoms with E-state index in [0.29, 0.717) is 15.7 Å². The monoisotopic (exact) mass is 440 g/mol. The molecule has 1 aliphatic heterocycles. The van der Waals surface area contributed by atoms with Crippen LogP contribution in [0.5, 0.6) is 0 Å². The summed E-state index contributed by atoms with van der Waals surface area (Å²) in [5, 5.41) is 5.17. The highest BCUT2D eigenvalue weighted by atomic mass is 35.5. The Morgan fingerprint density at radius 2 is 1.93 bits per heavy atom. The molecule has 1 unspecified atom stereocenters. The zero-order chi connectivity index (χ0) is 18.8. The Morgan fingerprint density at radius 3 is 2.74 bits per heavy atom. The maximum Gasteiger partial charge on any atom is 0.150 e. The summed E-state index contributed by atoms with van der Waals surface area (Å²) >= 11 is 14.1. The fraction of sp³-hybridized carbons (Fsp3) is 0.222. The van der Waals surface area contributed by atoms with Crippen molar-refractivity contribution in [3.05, 3.63) is 52.6 Å². The third-order valence-electron chi connectivity index (χ3n) is 4.27. The van der Waals surface area contributed by atoms with Crippen molar-refractivity contribution in [3.8, 4) is 0 Å². The van der Waals surface area contributed by atoms with Gasteiger partial charge in [0.25, 0.3) is 0 Å². The first-order chi connectivity index (χ1) is 13.1. The minimum atomic E-state index is -1.40. The fourth-order valence-corrected chi connectivity index (χ4v) is 5.48. The largest absolute Gasteiger partial charge is 0.358 e. The van der Waals surface area contributed by atoms with Gasteiger partial charge in [-0.15, -0.1) is 0 Å². The molecule has 3 N–H and O–H groups in total. The summed E-state index contributed by atoms with van der Waals surface area (Å²) in [5.41, 5.74) is 1.44. The molecule has 27 heavy (non-hydrogen) atoms. The van der Waals surface area contributed by atoms with Gasteiger partial charge in [-0.05, 0) is 42.3 Å². The predicted molar refractivity (Wildman–Crippen MR) is 115 cm³/mol. The van der Waals surface area contributed by atoms with Gasteiger partial charge in [-0.2, -0.15) is 0 Å². The number of rotatable bonds is 5. The van der Waals surface area contributed by atoms with Crippen LogP contribution < -0.4 is 10.0 Å². The van der Waals surface area contributed by atoms with Gasteiger partial charge in [0.2, 0.25) is 0 Å². The standard InChI is InChI=1S/C18H18Cl2N4OS2/c19-14-4-5-16(18-17(14)15(20)11-22-18)23-27(25)13-3-1-2-12(10-13)26-24-8-6-21-7-9-24/h1-5,10-11,21-23H,6-9H2. The Hall–Kier alpha value is -1.22. The number of nitrogens with zero attached hydrogens (tertiary/aromatic N) is 1. The summed E-state index contributed by atoms with van der Waals surface area (Å²) in [6.45, 7) is 3.97. The summed E-state index contributed by atoms with van der Waals surface area (Å²) in [6, 6.07) is 11.3. The topological polar surface area (TPSA) is 60.2 Å². The second kappa shape index (κ2) is 8.43. The molecule has 0 saturated carbocycles. The number of H-pyrrole nitrogens is 1. The minimum Gasteiger partial charge on any atom is -0.358 e. The number of fused-ring (bicyclic) bond motifs is 1. The van der Waals surface area contributed by atoms with E-state index in [9.17, 15) is 4.21 Å². The van der Waals surface area contributed by atoms with Crippen molar-refractivity contribution in [3.63, 3.8) is 0 Å². The normalized spacial score (nSPS) is 16.5. The van der Waals surface area contributed by atoms with Gasteiger partial charge in [-0.25, -0.2) is 8.51 Å². The van der Waals surface area contributed by atoms with E-state index < -0.39 is 11.0 Å². The van der Waals surface area contributed by atoms with Crippen LogP contribution in [0, 0.1) is 0 Å². The maximum absolute atomic E-state index is 12.9. The van der Waals surface area contributed by atoms with E-state index in [-0.39, 0.29) is 0 Å². The molecule has 142 valence electrons. The molecule has 0 bridgehead atoms. The highest BCUT2D eigenvalue weighted by molar-refractivity contribution is 7.97. The van der Waals surface area contributed by atoms with Crippen molar-refractivity contribution in [2.75, 3.05) is 30.9 Å². The number of piperazine rings is 1. The number of nitrogens with one attached hydrogen (secondary N) is 3. The number of aromatic amines is 1. The van der Waals surface area contributed by atoms with E-state index in [1.54, 1.807) is 30.3 Å². The van der Waals surface area contributed by atoms with Crippen molar-refractivity contribution < 1.29 is 4.21 Å². The van der Waals surface area contributed by atoms with Crippen LogP contribution in [0.1, 0.15) is 0 Å². The molecule has 0 spiro atoms. The zero-order valence-electron chi connectivity index (χ0n) is 14.3. The van der Waals surface area contributed by atoms with Crippen LogP contribution in [0.25, 0.3) is 10.9 Å². The highest BCUT2D eigenvalue weighted by Gasteiger charge is 2.14. The molecule has 0 amide bonds. The van der Waals surface area contributed by atoms with E-state index in [4.69, 9.17) is 23.2 Å². The average Bonchev–Trinajstić information content (AvgIpc) is 3.08. The van der Waals surface area contributed by atoms with Gasteiger partial charge in [-0.1, -0.05) is 29.3 Å². The van der Waals surface area contributed by atoms with Crippen LogP contribution in [0.4, 0.5) is 5.69 Å². The molecular weight excluding hydrogens is 423 g/mol. The lowest BCUT2D eigenvalue weighted by Crippen LogP contribution is -2.39. The SMILES string of the molecule is O=S(Nc1ccc(Cl)c2c(Cl)c[nH]c12)c1cccc(SN2CCNCC2)c1.